The van der Waals surface area contributed by atoms with E-state index in [-0.39, 0.29) is 12.9 Å². The molecule has 2 aliphatic rings. The van der Waals surface area contributed by atoms with Crippen molar-refractivity contribution in [2.45, 2.75) is 32.0 Å². The fraction of sp³-hybridized carbons (Fsp3) is 0.538. The number of rotatable bonds is 2. The zero-order chi connectivity index (χ0) is 11.8. The second kappa shape index (κ2) is 4.20. The van der Waals surface area contributed by atoms with Crippen LogP contribution >= 0.6 is 0 Å². The molecule has 4 heteroatoms. The van der Waals surface area contributed by atoms with E-state index in [0.29, 0.717) is 6.61 Å². The van der Waals surface area contributed by atoms with Crippen LogP contribution in [-0.2, 0) is 4.74 Å². The summed E-state index contributed by atoms with van der Waals surface area (Å²) in [5.41, 5.74) is 1.89. The van der Waals surface area contributed by atoms with Crippen molar-refractivity contribution in [3.63, 3.8) is 0 Å². The van der Waals surface area contributed by atoms with Gasteiger partial charge in [0, 0.05) is 5.56 Å². The minimum Gasteiger partial charge on any atom is -0.454 e. The van der Waals surface area contributed by atoms with E-state index in [9.17, 15) is 5.11 Å². The summed E-state index contributed by atoms with van der Waals surface area (Å²) in [6, 6.07) is 3.78. The lowest BCUT2D eigenvalue weighted by molar-refractivity contribution is -0.0350. The average molecular weight is 236 g/mol. The monoisotopic (exact) mass is 236 g/mol. The highest BCUT2D eigenvalue weighted by Gasteiger charge is 2.33. The predicted octanol–water partition coefficient (Wildman–Crippen LogP) is 2.32. The van der Waals surface area contributed by atoms with Crippen molar-refractivity contribution in [3.8, 4) is 11.5 Å². The van der Waals surface area contributed by atoms with Gasteiger partial charge in [0.2, 0.25) is 6.79 Å². The lowest BCUT2D eigenvalue weighted by Gasteiger charge is -2.30. The molecule has 1 aromatic rings. The van der Waals surface area contributed by atoms with Gasteiger partial charge in [-0.3, -0.25) is 0 Å². The third-order valence-corrected chi connectivity index (χ3v) is 3.30. The van der Waals surface area contributed by atoms with E-state index in [1.165, 1.54) is 0 Å². The van der Waals surface area contributed by atoms with Crippen LogP contribution in [0.3, 0.4) is 0 Å². The highest BCUT2D eigenvalue weighted by atomic mass is 16.7. The lowest BCUT2D eigenvalue weighted by atomic mass is 9.92. The normalized spacial score (nSPS) is 25.8. The van der Waals surface area contributed by atoms with Gasteiger partial charge in [0.1, 0.15) is 6.10 Å². The number of ether oxygens (including phenoxy) is 3. The molecule has 1 N–H and O–H groups in total. The molecule has 0 aromatic heterocycles. The van der Waals surface area contributed by atoms with Gasteiger partial charge < -0.3 is 19.3 Å². The lowest BCUT2D eigenvalue weighted by Crippen LogP contribution is -2.21. The molecule has 1 aromatic carbocycles. The van der Waals surface area contributed by atoms with Crippen LogP contribution in [0.15, 0.2) is 12.1 Å². The number of fused-ring (bicyclic) bond motifs is 3. The highest BCUT2D eigenvalue weighted by Crippen LogP contribution is 2.47. The van der Waals surface area contributed by atoms with Gasteiger partial charge in [-0.2, -0.15) is 0 Å². The maximum atomic E-state index is 9.96. The Kier molecular flexibility index (Phi) is 2.68. The van der Waals surface area contributed by atoms with E-state index in [0.717, 1.165) is 35.5 Å². The van der Waals surface area contributed by atoms with Gasteiger partial charge in [-0.25, -0.2) is 0 Å². The maximum Gasteiger partial charge on any atom is 0.231 e. The molecule has 0 saturated heterocycles. The van der Waals surface area contributed by atoms with Gasteiger partial charge in [0.25, 0.3) is 0 Å². The van der Waals surface area contributed by atoms with Gasteiger partial charge in [-0.05, 0) is 18.1 Å². The molecular weight excluding hydrogens is 220 g/mol. The van der Waals surface area contributed by atoms with Gasteiger partial charge in [0.15, 0.2) is 11.5 Å². The zero-order valence-corrected chi connectivity index (χ0v) is 9.81. The van der Waals surface area contributed by atoms with E-state index >= 15 is 0 Å². The summed E-state index contributed by atoms with van der Waals surface area (Å²) in [7, 11) is 0. The van der Waals surface area contributed by atoms with Crippen LogP contribution in [0.1, 0.15) is 43.1 Å². The average Bonchev–Trinajstić information content (AvgIpc) is 2.80. The van der Waals surface area contributed by atoms with Gasteiger partial charge in [-0.1, -0.05) is 19.4 Å². The Morgan fingerprint density at radius 3 is 3.06 bits per heavy atom. The molecule has 2 aliphatic heterocycles. The summed E-state index contributed by atoms with van der Waals surface area (Å²) in [4.78, 5) is 0. The van der Waals surface area contributed by atoms with Crippen molar-refractivity contribution in [2.75, 3.05) is 13.4 Å². The van der Waals surface area contributed by atoms with Crippen LogP contribution < -0.4 is 9.47 Å². The Labute approximate surface area is 100 Å². The summed E-state index contributed by atoms with van der Waals surface area (Å²) < 4.78 is 16.6. The summed E-state index contributed by atoms with van der Waals surface area (Å²) in [6.45, 7) is 2.73. The molecule has 0 bridgehead atoms. The third-order valence-electron chi connectivity index (χ3n) is 3.30. The molecule has 0 saturated carbocycles. The molecule has 17 heavy (non-hydrogen) atoms. The molecule has 2 atom stereocenters. The second-order valence-corrected chi connectivity index (χ2v) is 4.43. The van der Waals surface area contributed by atoms with Gasteiger partial charge in [0.05, 0.1) is 12.7 Å². The molecule has 3 rings (SSSR count). The Bertz CT molecular complexity index is 430. The first kappa shape index (κ1) is 10.9. The van der Waals surface area contributed by atoms with E-state index < -0.39 is 6.10 Å². The fourth-order valence-electron chi connectivity index (χ4n) is 2.50. The third kappa shape index (κ3) is 1.68. The van der Waals surface area contributed by atoms with Gasteiger partial charge >= 0.3 is 0 Å². The minimum absolute atomic E-state index is 0.00931. The topological polar surface area (TPSA) is 47.9 Å². The Morgan fingerprint density at radius 2 is 2.24 bits per heavy atom. The van der Waals surface area contributed by atoms with E-state index in [2.05, 4.69) is 6.92 Å². The predicted molar refractivity (Wildman–Crippen MR) is 61.1 cm³/mol. The van der Waals surface area contributed by atoms with Crippen molar-refractivity contribution in [1.29, 1.82) is 0 Å². The van der Waals surface area contributed by atoms with Crippen LogP contribution in [0.4, 0.5) is 0 Å². The van der Waals surface area contributed by atoms with E-state index in [1.807, 2.05) is 12.1 Å². The number of benzene rings is 1. The van der Waals surface area contributed by atoms with E-state index in [1.54, 1.807) is 0 Å². The Morgan fingerprint density at radius 1 is 1.35 bits per heavy atom. The molecule has 0 amide bonds. The molecule has 92 valence electrons. The number of hydrogen-bond donors (Lipinski definition) is 1. The van der Waals surface area contributed by atoms with E-state index in [4.69, 9.17) is 14.2 Å². The first-order valence-electron chi connectivity index (χ1n) is 6.03. The standard InChI is InChI=1S/C13H16O4/c1-2-3-10-12-8(9(14)6-15-10)4-5-11-13(12)17-7-16-11/h4-5,9-10,14H,2-3,6-7H2,1H3/t9-,10+/m0/s1. The maximum absolute atomic E-state index is 9.96. The van der Waals surface area contributed by atoms with Crippen molar-refractivity contribution < 1.29 is 19.3 Å². The molecule has 0 unspecified atom stereocenters. The van der Waals surface area contributed by atoms with Crippen molar-refractivity contribution >= 4 is 0 Å². The summed E-state index contributed by atoms with van der Waals surface area (Å²) >= 11 is 0. The van der Waals surface area contributed by atoms with Crippen molar-refractivity contribution in [1.82, 2.24) is 0 Å². The fourth-order valence-corrected chi connectivity index (χ4v) is 2.50. The number of aliphatic hydroxyl groups is 1. The molecular formula is C13H16O4. The molecule has 0 fully saturated rings. The van der Waals surface area contributed by atoms with Crippen LogP contribution in [0.2, 0.25) is 0 Å². The Balaban J connectivity index is 2.09. The SMILES string of the molecule is CCC[C@H]1OC[C@H](O)c2ccc3c(c21)OCO3. The minimum atomic E-state index is -0.562. The molecule has 0 aliphatic carbocycles. The zero-order valence-electron chi connectivity index (χ0n) is 9.81. The number of hydrogen-bond acceptors (Lipinski definition) is 4. The van der Waals surface area contributed by atoms with Crippen LogP contribution in [-0.4, -0.2) is 18.5 Å². The van der Waals surface area contributed by atoms with Gasteiger partial charge in [-0.15, -0.1) is 0 Å². The largest absolute Gasteiger partial charge is 0.454 e. The number of aliphatic hydroxyl groups excluding tert-OH is 1. The quantitative estimate of drug-likeness (QED) is 0.856. The first-order chi connectivity index (χ1) is 8.31. The van der Waals surface area contributed by atoms with Crippen LogP contribution in [0.5, 0.6) is 11.5 Å². The summed E-state index contributed by atoms with van der Waals surface area (Å²) in [5, 5.41) is 9.96. The van der Waals surface area contributed by atoms with Crippen LogP contribution in [0.25, 0.3) is 0 Å². The summed E-state index contributed by atoms with van der Waals surface area (Å²) in [5.74, 6) is 1.50. The first-order valence-corrected chi connectivity index (χ1v) is 6.03. The second-order valence-electron chi connectivity index (χ2n) is 4.43. The molecule has 2 heterocycles. The molecule has 0 radical (unpaired) electrons. The van der Waals surface area contributed by atoms with Crippen molar-refractivity contribution in [2.24, 2.45) is 0 Å². The van der Waals surface area contributed by atoms with Crippen molar-refractivity contribution in [3.05, 3.63) is 23.3 Å². The highest BCUT2D eigenvalue weighted by molar-refractivity contribution is 5.54. The van der Waals surface area contributed by atoms with Crippen LogP contribution in [0, 0.1) is 0 Å². The molecule has 0 spiro atoms. The summed E-state index contributed by atoms with van der Waals surface area (Å²) in [6.07, 6.45) is 1.41. The smallest absolute Gasteiger partial charge is 0.231 e. The Hall–Kier alpha value is -1.26. The molecule has 4 nitrogen and oxygen atoms in total.